The number of hydrogen-bond acceptors (Lipinski definition) is 4. The van der Waals surface area contributed by atoms with E-state index in [1.807, 2.05) is 13.8 Å². The van der Waals surface area contributed by atoms with Crippen molar-refractivity contribution in [2.24, 2.45) is 5.41 Å². The minimum Gasteiger partial charge on any atom is -0.343 e. The summed E-state index contributed by atoms with van der Waals surface area (Å²) in [6.45, 7) is 10.1. The lowest BCUT2D eigenvalue weighted by Gasteiger charge is -2.33. The number of nitrogens with one attached hydrogen (secondary N) is 2. The van der Waals surface area contributed by atoms with Gasteiger partial charge >= 0.3 is 11.8 Å². The fourth-order valence-electron chi connectivity index (χ4n) is 2.17. The molecule has 0 atom stereocenters. The summed E-state index contributed by atoms with van der Waals surface area (Å²) < 4.78 is 0. The third kappa shape index (κ3) is 5.83. The number of thiazole rings is 1. The zero-order valence-electron chi connectivity index (χ0n) is 12.0. The van der Waals surface area contributed by atoms with E-state index in [9.17, 15) is 9.59 Å². The maximum Gasteiger partial charge on any atom is 0.315 e. The Kier molecular flexibility index (Phi) is 4.68. The van der Waals surface area contributed by atoms with Gasteiger partial charge in [-0.15, -0.1) is 11.3 Å². The summed E-state index contributed by atoms with van der Waals surface area (Å²) in [6.07, 6.45) is 2.35. The maximum atomic E-state index is 11.8. The molecule has 19 heavy (non-hydrogen) atoms. The highest BCUT2D eigenvalue weighted by atomic mass is 32.1. The van der Waals surface area contributed by atoms with Crippen LogP contribution in [0, 0.1) is 5.41 Å². The van der Waals surface area contributed by atoms with Crippen molar-refractivity contribution in [3.63, 3.8) is 0 Å². The number of hydrogen-bond donors (Lipinski definition) is 2. The molecule has 0 aliphatic rings. The first-order valence-electron chi connectivity index (χ1n) is 6.12. The van der Waals surface area contributed by atoms with Gasteiger partial charge in [-0.1, -0.05) is 20.8 Å². The highest BCUT2D eigenvalue weighted by Gasteiger charge is 2.29. The van der Waals surface area contributed by atoms with Crippen LogP contribution in [-0.4, -0.2) is 22.3 Å². The highest BCUT2D eigenvalue weighted by molar-refractivity contribution is 7.13. The molecule has 0 spiro atoms. The molecule has 1 rings (SSSR count). The SMILES string of the molecule is CC(C)(C)CC(C)(C)NC(=O)C(=O)Nc1nccs1. The molecule has 0 aromatic carbocycles. The van der Waals surface area contributed by atoms with Crippen molar-refractivity contribution < 1.29 is 9.59 Å². The second-order valence-electron chi connectivity index (χ2n) is 6.37. The Labute approximate surface area is 117 Å². The third-order valence-electron chi connectivity index (χ3n) is 2.28. The summed E-state index contributed by atoms with van der Waals surface area (Å²) in [6, 6.07) is 0. The van der Waals surface area contributed by atoms with Gasteiger partial charge in [0, 0.05) is 17.1 Å². The Balaban J connectivity index is 2.56. The molecule has 0 saturated carbocycles. The number of amides is 2. The standard InChI is InChI=1S/C13H21N3O2S/c1-12(2,3)8-13(4,5)16-10(18)9(17)15-11-14-6-7-19-11/h6-7H,8H2,1-5H3,(H,16,18)(H,14,15,17). The van der Waals surface area contributed by atoms with E-state index >= 15 is 0 Å². The smallest absolute Gasteiger partial charge is 0.315 e. The Morgan fingerprint density at radius 2 is 1.84 bits per heavy atom. The van der Waals surface area contributed by atoms with E-state index in [0.717, 1.165) is 6.42 Å². The van der Waals surface area contributed by atoms with Gasteiger partial charge in [0.05, 0.1) is 0 Å². The third-order valence-corrected chi connectivity index (χ3v) is 2.97. The Hall–Kier alpha value is -1.43. The number of rotatable bonds is 3. The number of anilines is 1. The quantitative estimate of drug-likeness (QED) is 0.837. The summed E-state index contributed by atoms with van der Waals surface area (Å²) in [4.78, 5) is 27.4. The second-order valence-corrected chi connectivity index (χ2v) is 7.26. The van der Waals surface area contributed by atoms with Crippen LogP contribution in [0.15, 0.2) is 11.6 Å². The zero-order chi connectivity index (χ0) is 14.7. The van der Waals surface area contributed by atoms with Crippen LogP contribution in [0.4, 0.5) is 5.13 Å². The largest absolute Gasteiger partial charge is 0.343 e. The summed E-state index contributed by atoms with van der Waals surface area (Å²) in [5.41, 5.74) is -0.363. The summed E-state index contributed by atoms with van der Waals surface area (Å²) in [5, 5.41) is 7.37. The molecule has 6 heteroatoms. The molecule has 2 N–H and O–H groups in total. The molecule has 1 aromatic heterocycles. The molecule has 0 unspecified atom stereocenters. The maximum absolute atomic E-state index is 11.8. The van der Waals surface area contributed by atoms with Crippen molar-refractivity contribution in [1.29, 1.82) is 0 Å². The van der Waals surface area contributed by atoms with E-state index in [2.05, 4.69) is 36.4 Å². The van der Waals surface area contributed by atoms with E-state index in [1.54, 1.807) is 11.6 Å². The number of aromatic nitrogens is 1. The minimum absolute atomic E-state index is 0.0720. The van der Waals surface area contributed by atoms with E-state index in [4.69, 9.17) is 0 Å². The van der Waals surface area contributed by atoms with Crippen LogP contribution in [0.2, 0.25) is 0 Å². The molecule has 106 valence electrons. The van der Waals surface area contributed by atoms with Crippen molar-refractivity contribution in [3.05, 3.63) is 11.6 Å². The minimum atomic E-state index is -0.683. The van der Waals surface area contributed by atoms with Crippen molar-refractivity contribution in [1.82, 2.24) is 10.3 Å². The van der Waals surface area contributed by atoms with Crippen molar-refractivity contribution in [2.45, 2.75) is 46.6 Å². The Morgan fingerprint density at radius 1 is 1.21 bits per heavy atom. The van der Waals surface area contributed by atoms with E-state index in [-0.39, 0.29) is 5.41 Å². The van der Waals surface area contributed by atoms with Gasteiger partial charge in [-0.25, -0.2) is 4.98 Å². The van der Waals surface area contributed by atoms with Crippen LogP contribution in [0.25, 0.3) is 0 Å². The van der Waals surface area contributed by atoms with Crippen LogP contribution in [0.3, 0.4) is 0 Å². The second kappa shape index (κ2) is 5.69. The van der Waals surface area contributed by atoms with Crippen LogP contribution in [0.5, 0.6) is 0 Å². The Morgan fingerprint density at radius 3 is 2.32 bits per heavy atom. The zero-order valence-corrected chi connectivity index (χ0v) is 12.9. The molecule has 1 heterocycles. The molecule has 0 fully saturated rings. The van der Waals surface area contributed by atoms with Gasteiger partial charge in [-0.3, -0.25) is 14.9 Å². The fourth-order valence-corrected chi connectivity index (χ4v) is 2.70. The van der Waals surface area contributed by atoms with E-state index < -0.39 is 17.4 Å². The van der Waals surface area contributed by atoms with E-state index in [0.29, 0.717) is 5.13 Å². The first-order chi connectivity index (χ1) is 8.59. The molecular weight excluding hydrogens is 262 g/mol. The molecule has 2 amide bonds. The van der Waals surface area contributed by atoms with Crippen LogP contribution < -0.4 is 10.6 Å². The van der Waals surface area contributed by atoms with Crippen molar-refractivity contribution in [3.8, 4) is 0 Å². The first-order valence-corrected chi connectivity index (χ1v) is 7.00. The lowest BCUT2D eigenvalue weighted by Crippen LogP contribution is -2.49. The summed E-state index contributed by atoms with van der Waals surface area (Å²) in [5.74, 6) is -1.32. The molecule has 0 bridgehead atoms. The monoisotopic (exact) mass is 283 g/mol. The van der Waals surface area contributed by atoms with Crippen molar-refractivity contribution >= 4 is 28.3 Å². The lowest BCUT2D eigenvalue weighted by molar-refractivity contribution is -0.137. The molecule has 0 aliphatic carbocycles. The topological polar surface area (TPSA) is 71.1 Å². The van der Waals surface area contributed by atoms with Gasteiger partial charge in [0.1, 0.15) is 0 Å². The van der Waals surface area contributed by atoms with Crippen LogP contribution >= 0.6 is 11.3 Å². The number of carbonyl (C=O) groups is 2. The van der Waals surface area contributed by atoms with E-state index in [1.165, 1.54) is 11.3 Å². The lowest BCUT2D eigenvalue weighted by atomic mass is 9.82. The number of nitrogens with zero attached hydrogens (tertiary/aromatic N) is 1. The van der Waals surface area contributed by atoms with Crippen LogP contribution in [0.1, 0.15) is 41.0 Å². The van der Waals surface area contributed by atoms with Crippen LogP contribution in [-0.2, 0) is 9.59 Å². The van der Waals surface area contributed by atoms with Gasteiger partial charge in [-0.2, -0.15) is 0 Å². The average Bonchev–Trinajstić information content (AvgIpc) is 2.65. The van der Waals surface area contributed by atoms with Gasteiger partial charge in [-0.05, 0) is 25.7 Å². The van der Waals surface area contributed by atoms with Crippen molar-refractivity contribution in [2.75, 3.05) is 5.32 Å². The molecule has 5 nitrogen and oxygen atoms in total. The van der Waals surface area contributed by atoms with Gasteiger partial charge in [0.2, 0.25) is 0 Å². The molecule has 1 aromatic rings. The average molecular weight is 283 g/mol. The Bertz CT molecular complexity index is 447. The van der Waals surface area contributed by atoms with Gasteiger partial charge < -0.3 is 5.32 Å². The summed E-state index contributed by atoms with van der Waals surface area (Å²) >= 11 is 1.27. The van der Waals surface area contributed by atoms with Gasteiger partial charge in [0.15, 0.2) is 5.13 Å². The normalized spacial score (nSPS) is 12.1. The van der Waals surface area contributed by atoms with Gasteiger partial charge in [0.25, 0.3) is 0 Å². The molecule has 0 radical (unpaired) electrons. The summed E-state index contributed by atoms with van der Waals surface area (Å²) in [7, 11) is 0. The predicted octanol–water partition coefficient (Wildman–Crippen LogP) is 2.41. The predicted molar refractivity (Wildman–Crippen MR) is 77.0 cm³/mol. The molecule has 0 saturated heterocycles. The number of carbonyl (C=O) groups excluding carboxylic acids is 2. The molecule has 0 aliphatic heterocycles. The molecular formula is C13H21N3O2S. The first kappa shape index (κ1) is 15.6. The highest BCUT2D eigenvalue weighted by Crippen LogP contribution is 2.26. The fraction of sp³-hybridized carbons (Fsp3) is 0.615.